The molecule has 0 saturated carbocycles. The summed E-state index contributed by atoms with van der Waals surface area (Å²) in [4.78, 5) is 37.2. The number of carbonyl (C=O) groups is 3. The zero-order valence-electron chi connectivity index (χ0n) is 17.3. The van der Waals surface area contributed by atoms with Gasteiger partial charge in [0.2, 0.25) is 0 Å². The first kappa shape index (κ1) is 22.4. The van der Waals surface area contributed by atoms with E-state index in [9.17, 15) is 14.4 Å². The van der Waals surface area contributed by atoms with E-state index < -0.39 is 17.8 Å². The lowest BCUT2D eigenvalue weighted by molar-refractivity contribution is 0.0449. The molecule has 0 aliphatic heterocycles. The van der Waals surface area contributed by atoms with Gasteiger partial charge in [-0.25, -0.2) is 9.59 Å². The van der Waals surface area contributed by atoms with Crippen molar-refractivity contribution >= 4 is 34.2 Å². The summed E-state index contributed by atoms with van der Waals surface area (Å²) in [5, 5.41) is 2.64. The highest BCUT2D eigenvalue weighted by molar-refractivity contribution is 7.18. The Morgan fingerprint density at radius 1 is 1.07 bits per heavy atom. The molecule has 8 heteroatoms. The normalized spacial score (nSPS) is 11.1. The van der Waals surface area contributed by atoms with Crippen molar-refractivity contribution in [2.45, 2.75) is 39.7 Å². The number of benzene rings is 1. The molecule has 0 spiro atoms. The third-order valence-corrected chi connectivity index (χ3v) is 5.34. The molecule has 0 aliphatic carbocycles. The molecule has 0 bridgehead atoms. The van der Waals surface area contributed by atoms with Crippen molar-refractivity contribution in [3.05, 3.63) is 51.4 Å². The molecule has 0 radical (unpaired) electrons. The minimum absolute atomic E-state index is 0.0341. The van der Waals surface area contributed by atoms with Crippen molar-refractivity contribution in [2.24, 2.45) is 0 Å². The van der Waals surface area contributed by atoms with Gasteiger partial charge < -0.3 is 20.5 Å². The third kappa shape index (κ3) is 5.14. The lowest BCUT2D eigenvalue weighted by Crippen LogP contribution is -2.20. The van der Waals surface area contributed by atoms with E-state index in [1.807, 2.05) is 12.1 Å². The van der Waals surface area contributed by atoms with Crippen molar-refractivity contribution < 1.29 is 23.9 Å². The van der Waals surface area contributed by atoms with Gasteiger partial charge in [-0.15, -0.1) is 11.3 Å². The lowest BCUT2D eigenvalue weighted by Gasteiger charge is -2.19. The highest BCUT2D eigenvalue weighted by Crippen LogP contribution is 2.33. The number of amides is 1. The number of nitrogens with one attached hydrogen (secondary N) is 1. The zero-order chi connectivity index (χ0) is 21.8. The molecular formula is C21H26N2O5S. The monoisotopic (exact) mass is 418 g/mol. The van der Waals surface area contributed by atoms with Crippen LogP contribution in [0.2, 0.25) is 0 Å². The number of esters is 2. The fraction of sp³-hybridized carbons (Fsp3) is 0.381. The van der Waals surface area contributed by atoms with Gasteiger partial charge in [-0.2, -0.15) is 0 Å². The van der Waals surface area contributed by atoms with E-state index in [4.69, 9.17) is 15.2 Å². The molecule has 0 aliphatic rings. The first-order chi connectivity index (χ1) is 13.6. The minimum Gasteiger partial charge on any atom is -0.462 e. The molecule has 1 amide bonds. The van der Waals surface area contributed by atoms with Gasteiger partial charge in [0.25, 0.3) is 5.91 Å². The summed E-state index contributed by atoms with van der Waals surface area (Å²) < 4.78 is 10.4. The highest BCUT2D eigenvalue weighted by atomic mass is 32.1. The number of hydrogen-bond donors (Lipinski definition) is 2. The SMILES string of the molecule is CCOC(=O)c1c(N)sc(C(=O)NC)c1COC(=O)c1ccc(C(C)(C)C)cc1. The molecule has 0 unspecified atom stereocenters. The molecule has 0 saturated heterocycles. The van der Waals surface area contributed by atoms with Gasteiger partial charge >= 0.3 is 11.9 Å². The van der Waals surface area contributed by atoms with Crippen LogP contribution in [0.15, 0.2) is 24.3 Å². The highest BCUT2D eigenvalue weighted by Gasteiger charge is 2.27. The van der Waals surface area contributed by atoms with Crippen LogP contribution in [0.5, 0.6) is 0 Å². The Kier molecular flexibility index (Phi) is 7.02. The Balaban J connectivity index is 2.27. The second-order valence-electron chi connectivity index (χ2n) is 7.35. The standard InChI is InChI=1S/C21H26N2O5S/c1-6-27-20(26)15-14(16(18(24)23-5)29-17(15)22)11-28-19(25)12-7-9-13(10-8-12)21(2,3)4/h7-10H,6,11,22H2,1-5H3,(H,23,24). The summed E-state index contributed by atoms with van der Waals surface area (Å²) in [5.41, 5.74) is 7.67. The van der Waals surface area contributed by atoms with Gasteiger partial charge in [0.1, 0.15) is 22.0 Å². The third-order valence-electron chi connectivity index (χ3n) is 4.28. The molecular weight excluding hydrogens is 392 g/mol. The fourth-order valence-corrected chi connectivity index (χ4v) is 3.68. The molecule has 1 heterocycles. The van der Waals surface area contributed by atoms with Crippen LogP contribution in [-0.4, -0.2) is 31.5 Å². The van der Waals surface area contributed by atoms with Gasteiger partial charge in [-0.1, -0.05) is 32.9 Å². The second-order valence-corrected chi connectivity index (χ2v) is 8.40. The molecule has 7 nitrogen and oxygen atoms in total. The Morgan fingerprint density at radius 2 is 1.69 bits per heavy atom. The van der Waals surface area contributed by atoms with E-state index in [0.29, 0.717) is 5.56 Å². The van der Waals surface area contributed by atoms with E-state index in [2.05, 4.69) is 26.1 Å². The van der Waals surface area contributed by atoms with Crippen LogP contribution in [0, 0.1) is 0 Å². The van der Waals surface area contributed by atoms with Crippen LogP contribution in [0.25, 0.3) is 0 Å². The Bertz CT molecular complexity index is 910. The zero-order valence-corrected chi connectivity index (χ0v) is 18.1. The summed E-state index contributed by atoms with van der Waals surface area (Å²) in [7, 11) is 1.47. The maximum Gasteiger partial charge on any atom is 0.341 e. The fourth-order valence-electron chi connectivity index (χ4n) is 2.67. The number of anilines is 1. The van der Waals surface area contributed by atoms with E-state index >= 15 is 0 Å². The van der Waals surface area contributed by atoms with Crippen LogP contribution < -0.4 is 11.1 Å². The first-order valence-corrected chi connectivity index (χ1v) is 9.99. The van der Waals surface area contributed by atoms with Crippen molar-refractivity contribution in [3.8, 4) is 0 Å². The Morgan fingerprint density at radius 3 is 2.21 bits per heavy atom. The number of nitrogens with two attached hydrogens (primary N) is 1. The molecule has 0 atom stereocenters. The minimum atomic E-state index is -0.656. The Labute approximate surface area is 174 Å². The average molecular weight is 419 g/mol. The van der Waals surface area contributed by atoms with Crippen LogP contribution in [0.4, 0.5) is 5.00 Å². The summed E-state index contributed by atoms with van der Waals surface area (Å²) in [6.07, 6.45) is 0. The lowest BCUT2D eigenvalue weighted by atomic mass is 9.87. The van der Waals surface area contributed by atoms with E-state index in [-0.39, 0.29) is 39.6 Å². The van der Waals surface area contributed by atoms with Crippen molar-refractivity contribution in [1.29, 1.82) is 0 Å². The predicted molar refractivity (Wildman–Crippen MR) is 112 cm³/mol. The molecule has 2 rings (SSSR count). The quantitative estimate of drug-likeness (QED) is 0.695. The predicted octanol–water partition coefficient (Wildman–Crippen LogP) is 3.52. The topological polar surface area (TPSA) is 108 Å². The van der Waals surface area contributed by atoms with E-state index in [0.717, 1.165) is 16.9 Å². The molecule has 29 heavy (non-hydrogen) atoms. The molecule has 1 aromatic heterocycles. The molecule has 3 N–H and O–H groups in total. The Hall–Kier alpha value is -2.87. The van der Waals surface area contributed by atoms with Crippen molar-refractivity contribution in [1.82, 2.24) is 5.32 Å². The summed E-state index contributed by atoms with van der Waals surface area (Å²) in [6.45, 7) is 7.80. The van der Waals surface area contributed by atoms with Gasteiger partial charge in [0.15, 0.2) is 0 Å². The molecule has 2 aromatic rings. The number of nitrogen functional groups attached to an aromatic ring is 1. The van der Waals surface area contributed by atoms with Gasteiger partial charge in [-0.05, 0) is 30.0 Å². The van der Waals surface area contributed by atoms with Crippen LogP contribution in [0.3, 0.4) is 0 Å². The summed E-state index contributed by atoms with van der Waals surface area (Å²) >= 11 is 0.954. The molecule has 156 valence electrons. The van der Waals surface area contributed by atoms with Crippen LogP contribution >= 0.6 is 11.3 Å². The largest absolute Gasteiger partial charge is 0.462 e. The van der Waals surface area contributed by atoms with Crippen LogP contribution in [-0.2, 0) is 21.5 Å². The summed E-state index contributed by atoms with van der Waals surface area (Å²) in [6, 6.07) is 7.13. The van der Waals surface area contributed by atoms with Gasteiger partial charge in [0, 0.05) is 12.6 Å². The number of carbonyl (C=O) groups excluding carboxylic acids is 3. The number of ether oxygens (including phenoxy) is 2. The number of thiophene rings is 1. The van der Waals surface area contributed by atoms with Crippen molar-refractivity contribution in [2.75, 3.05) is 19.4 Å². The summed E-state index contributed by atoms with van der Waals surface area (Å²) in [5.74, 6) is -1.64. The molecule has 0 fully saturated rings. The first-order valence-electron chi connectivity index (χ1n) is 9.18. The molecule has 1 aromatic carbocycles. The van der Waals surface area contributed by atoms with E-state index in [1.165, 1.54) is 7.05 Å². The number of hydrogen-bond acceptors (Lipinski definition) is 7. The van der Waals surface area contributed by atoms with E-state index in [1.54, 1.807) is 19.1 Å². The second kappa shape index (κ2) is 9.09. The number of rotatable bonds is 6. The van der Waals surface area contributed by atoms with Crippen molar-refractivity contribution in [3.63, 3.8) is 0 Å². The van der Waals surface area contributed by atoms with Gasteiger partial charge in [-0.3, -0.25) is 4.79 Å². The maximum atomic E-state index is 12.5. The van der Waals surface area contributed by atoms with Crippen LogP contribution in [0.1, 0.15) is 69.2 Å². The smallest absolute Gasteiger partial charge is 0.341 e. The average Bonchev–Trinajstić information content (AvgIpc) is 3.01. The maximum absolute atomic E-state index is 12.5. The van der Waals surface area contributed by atoms with Gasteiger partial charge in [0.05, 0.1) is 12.2 Å².